The van der Waals surface area contributed by atoms with Gasteiger partial charge in [-0.2, -0.15) is 0 Å². The fourth-order valence-corrected chi connectivity index (χ4v) is 10.6. The molecule has 0 nitrogen and oxygen atoms in total. The van der Waals surface area contributed by atoms with Crippen LogP contribution in [0.1, 0.15) is 0 Å². The predicted octanol–water partition coefficient (Wildman–Crippen LogP) is 14.9. The second kappa shape index (κ2) is 10.9. The molecule has 11 aromatic rings. The molecule has 0 amide bonds. The summed E-state index contributed by atoms with van der Waals surface area (Å²) in [4.78, 5) is 0. The Morgan fingerprint density at radius 3 is 1.50 bits per heavy atom. The lowest BCUT2D eigenvalue weighted by Crippen LogP contribution is -1.91. The van der Waals surface area contributed by atoms with E-state index in [4.69, 9.17) is 0 Å². The molecule has 0 spiro atoms. The van der Waals surface area contributed by atoms with Gasteiger partial charge in [0.05, 0.1) is 0 Å². The van der Waals surface area contributed by atoms with Crippen molar-refractivity contribution in [2.75, 3.05) is 0 Å². The van der Waals surface area contributed by atoms with Gasteiger partial charge in [-0.1, -0.05) is 133 Å². The number of hydrogen-bond donors (Lipinski definition) is 0. The van der Waals surface area contributed by atoms with E-state index in [0.29, 0.717) is 0 Å². The van der Waals surface area contributed by atoms with Gasteiger partial charge in [-0.25, -0.2) is 0 Å². The van der Waals surface area contributed by atoms with Crippen LogP contribution in [0.25, 0.3) is 106 Å². The highest BCUT2D eigenvalue weighted by Crippen LogP contribution is 2.48. The summed E-state index contributed by atoms with van der Waals surface area (Å²) in [6.07, 6.45) is 0. The molecule has 0 N–H and O–H groups in total. The Hall–Kier alpha value is -5.80. The summed E-state index contributed by atoms with van der Waals surface area (Å²) >= 11 is 3.82. The van der Waals surface area contributed by atoms with Gasteiger partial charge in [-0.3, -0.25) is 0 Å². The van der Waals surface area contributed by atoms with Crippen LogP contribution in [-0.2, 0) is 0 Å². The van der Waals surface area contributed by atoms with Crippen LogP contribution < -0.4 is 0 Å². The topological polar surface area (TPSA) is 0 Å². The molecule has 0 saturated heterocycles. The van der Waals surface area contributed by atoms with Crippen molar-refractivity contribution in [2.45, 2.75) is 0 Å². The van der Waals surface area contributed by atoms with E-state index < -0.39 is 0 Å². The highest BCUT2D eigenvalue weighted by molar-refractivity contribution is 7.29. The third-order valence-electron chi connectivity index (χ3n) is 10.4. The molecular formula is C48H28S2. The standard InChI is InChI=1S/C48H28S2/c1-2-10-29(11-3-1)30-18-19-32-27-33(21-20-31(32)26-30)45-35-12-4-6-14-37(35)46(38-15-7-5-13-36(38)45)34-22-24-43-41(28-34)39-23-25-44-47(48(39)50-43)40-16-8-9-17-42(40)49-44/h1-28H. The molecule has 0 atom stereocenters. The largest absolute Gasteiger partial charge is 0.135 e. The Morgan fingerprint density at radius 1 is 0.280 bits per heavy atom. The quantitative estimate of drug-likeness (QED) is 0.164. The van der Waals surface area contributed by atoms with Crippen molar-refractivity contribution in [2.24, 2.45) is 0 Å². The van der Waals surface area contributed by atoms with Gasteiger partial charge in [0.25, 0.3) is 0 Å². The first-order valence-corrected chi connectivity index (χ1v) is 18.7. The van der Waals surface area contributed by atoms with Gasteiger partial charge in [-0.05, 0) is 102 Å². The highest BCUT2D eigenvalue weighted by Gasteiger charge is 2.19. The van der Waals surface area contributed by atoms with Crippen molar-refractivity contribution in [3.8, 4) is 33.4 Å². The van der Waals surface area contributed by atoms with Crippen LogP contribution in [0.15, 0.2) is 170 Å². The molecule has 0 aliphatic rings. The van der Waals surface area contributed by atoms with Gasteiger partial charge < -0.3 is 0 Å². The second-order valence-corrected chi connectivity index (χ2v) is 15.3. The summed E-state index contributed by atoms with van der Waals surface area (Å²) in [5, 5.41) is 13.1. The molecule has 2 heterocycles. The lowest BCUT2D eigenvalue weighted by Gasteiger charge is -2.18. The van der Waals surface area contributed by atoms with E-state index in [0.717, 1.165) is 0 Å². The molecule has 0 saturated carbocycles. The molecule has 0 bridgehead atoms. The van der Waals surface area contributed by atoms with E-state index in [1.165, 1.54) is 106 Å². The second-order valence-electron chi connectivity index (χ2n) is 13.2. The zero-order chi connectivity index (χ0) is 32.8. The first kappa shape index (κ1) is 28.1. The van der Waals surface area contributed by atoms with E-state index >= 15 is 0 Å². The minimum absolute atomic E-state index is 1.24. The third kappa shape index (κ3) is 4.16. The number of fused-ring (bicyclic) bond motifs is 10. The van der Waals surface area contributed by atoms with Crippen LogP contribution in [0.5, 0.6) is 0 Å². The maximum absolute atomic E-state index is 2.45. The zero-order valence-electron chi connectivity index (χ0n) is 27.0. The molecule has 11 rings (SSSR count). The molecular weight excluding hydrogens is 641 g/mol. The number of benzene rings is 9. The van der Waals surface area contributed by atoms with E-state index in [-0.39, 0.29) is 0 Å². The van der Waals surface area contributed by atoms with Crippen LogP contribution in [0.2, 0.25) is 0 Å². The lowest BCUT2D eigenvalue weighted by atomic mass is 9.85. The van der Waals surface area contributed by atoms with Crippen molar-refractivity contribution in [1.29, 1.82) is 0 Å². The molecule has 2 aromatic heterocycles. The van der Waals surface area contributed by atoms with Crippen LogP contribution >= 0.6 is 22.7 Å². The normalized spacial score (nSPS) is 12.0. The molecule has 0 aliphatic heterocycles. The first-order valence-electron chi connectivity index (χ1n) is 17.1. The fourth-order valence-electron chi connectivity index (χ4n) is 8.16. The molecule has 9 aromatic carbocycles. The molecule has 0 fully saturated rings. The van der Waals surface area contributed by atoms with E-state index in [1.807, 2.05) is 22.7 Å². The van der Waals surface area contributed by atoms with Gasteiger partial charge in [0.1, 0.15) is 0 Å². The number of thiophene rings is 2. The van der Waals surface area contributed by atoms with Crippen molar-refractivity contribution >= 4 is 95.3 Å². The highest BCUT2D eigenvalue weighted by atomic mass is 32.1. The van der Waals surface area contributed by atoms with Gasteiger partial charge >= 0.3 is 0 Å². The van der Waals surface area contributed by atoms with Gasteiger partial charge in [0.2, 0.25) is 0 Å². The van der Waals surface area contributed by atoms with Crippen molar-refractivity contribution in [3.63, 3.8) is 0 Å². The summed E-state index contributed by atoms with van der Waals surface area (Å²) < 4.78 is 5.45. The lowest BCUT2D eigenvalue weighted by molar-refractivity contribution is 1.64. The summed E-state index contributed by atoms with van der Waals surface area (Å²) in [6.45, 7) is 0. The minimum atomic E-state index is 1.24. The molecule has 50 heavy (non-hydrogen) atoms. The Bertz CT molecular complexity index is 3080. The summed E-state index contributed by atoms with van der Waals surface area (Å²) in [5.41, 5.74) is 7.59. The first-order chi connectivity index (χ1) is 24.8. The maximum Gasteiger partial charge on any atom is 0.0448 e. The van der Waals surface area contributed by atoms with E-state index in [1.54, 1.807) is 0 Å². The summed E-state index contributed by atoms with van der Waals surface area (Å²) in [6, 6.07) is 63.1. The summed E-state index contributed by atoms with van der Waals surface area (Å²) in [7, 11) is 0. The van der Waals surface area contributed by atoms with Crippen LogP contribution in [-0.4, -0.2) is 0 Å². The molecule has 232 valence electrons. The van der Waals surface area contributed by atoms with Gasteiger partial charge in [0, 0.05) is 40.3 Å². The summed E-state index contributed by atoms with van der Waals surface area (Å²) in [5.74, 6) is 0. The third-order valence-corrected chi connectivity index (χ3v) is 12.8. The number of hydrogen-bond acceptors (Lipinski definition) is 2. The SMILES string of the molecule is c1ccc(-c2ccc3cc(-c4c5ccccc5c(-c5ccc6sc7c(ccc8sc9ccccc9c87)c6c5)c5ccccc45)ccc3c2)cc1. The van der Waals surface area contributed by atoms with Gasteiger partial charge in [-0.15, -0.1) is 22.7 Å². The minimum Gasteiger partial charge on any atom is -0.135 e. The Balaban J connectivity index is 1.13. The van der Waals surface area contributed by atoms with Crippen LogP contribution in [0.3, 0.4) is 0 Å². The molecule has 0 radical (unpaired) electrons. The number of rotatable bonds is 3. The fraction of sp³-hybridized carbons (Fsp3) is 0. The van der Waals surface area contributed by atoms with E-state index in [2.05, 4.69) is 170 Å². The van der Waals surface area contributed by atoms with Crippen LogP contribution in [0.4, 0.5) is 0 Å². The van der Waals surface area contributed by atoms with Crippen molar-refractivity contribution < 1.29 is 0 Å². The molecule has 0 unspecified atom stereocenters. The average Bonchev–Trinajstić information content (AvgIpc) is 3.75. The maximum atomic E-state index is 2.45. The average molecular weight is 669 g/mol. The predicted molar refractivity (Wildman–Crippen MR) is 221 cm³/mol. The monoisotopic (exact) mass is 668 g/mol. The van der Waals surface area contributed by atoms with Crippen molar-refractivity contribution in [3.05, 3.63) is 170 Å². The molecule has 0 aliphatic carbocycles. The van der Waals surface area contributed by atoms with Crippen molar-refractivity contribution in [1.82, 2.24) is 0 Å². The Morgan fingerprint density at radius 2 is 0.800 bits per heavy atom. The van der Waals surface area contributed by atoms with Crippen LogP contribution in [0, 0.1) is 0 Å². The van der Waals surface area contributed by atoms with E-state index in [9.17, 15) is 0 Å². The molecule has 2 heteroatoms. The zero-order valence-corrected chi connectivity index (χ0v) is 28.6. The Kier molecular flexibility index (Phi) is 6.09. The van der Waals surface area contributed by atoms with Gasteiger partial charge in [0.15, 0.2) is 0 Å². The smallest absolute Gasteiger partial charge is 0.0448 e. The Labute approximate surface area is 297 Å².